The van der Waals surface area contributed by atoms with Gasteiger partial charge in [-0.15, -0.1) is 0 Å². The van der Waals surface area contributed by atoms with E-state index >= 15 is 0 Å². The second kappa shape index (κ2) is 8.46. The number of carbonyl (C=O) groups is 3. The fraction of sp³-hybridized carbons (Fsp3) is 0.480. The number of carbonyl (C=O) groups excluding carboxylic acids is 3. The molecule has 2 heterocycles. The van der Waals surface area contributed by atoms with Crippen molar-refractivity contribution in [3.63, 3.8) is 0 Å². The molecule has 5 heteroatoms. The van der Waals surface area contributed by atoms with Crippen LogP contribution in [-0.2, 0) is 9.59 Å². The van der Waals surface area contributed by atoms with E-state index in [2.05, 4.69) is 12.1 Å². The van der Waals surface area contributed by atoms with Crippen molar-refractivity contribution in [2.24, 2.45) is 11.8 Å². The van der Waals surface area contributed by atoms with Crippen LogP contribution in [0.4, 0.5) is 0 Å². The quantitative estimate of drug-likeness (QED) is 0.660. The number of piperidine rings is 1. The minimum atomic E-state index is -0.587. The lowest BCUT2D eigenvalue weighted by Crippen LogP contribution is -2.38. The van der Waals surface area contributed by atoms with Gasteiger partial charge >= 0.3 is 0 Å². The second-order valence-electron chi connectivity index (χ2n) is 9.00. The van der Waals surface area contributed by atoms with Crippen LogP contribution in [0.5, 0.6) is 0 Å². The van der Waals surface area contributed by atoms with E-state index in [-0.39, 0.29) is 23.4 Å². The summed E-state index contributed by atoms with van der Waals surface area (Å²) < 4.78 is 0. The fourth-order valence-electron chi connectivity index (χ4n) is 5.35. The van der Waals surface area contributed by atoms with E-state index in [0.717, 1.165) is 60.2 Å². The number of likely N-dealkylation sites (tertiary alicyclic amines) is 1. The Balaban J connectivity index is 1.39. The Bertz CT molecular complexity index is 947. The first kappa shape index (κ1) is 21.0. The highest BCUT2D eigenvalue weighted by atomic mass is 32.1. The largest absolute Gasteiger partial charge is 0.339 e. The van der Waals surface area contributed by atoms with Gasteiger partial charge in [-0.3, -0.25) is 14.4 Å². The van der Waals surface area contributed by atoms with E-state index in [1.807, 2.05) is 42.5 Å². The maximum Gasteiger partial charge on any atom is 0.254 e. The van der Waals surface area contributed by atoms with Crippen molar-refractivity contribution in [3.05, 3.63) is 56.8 Å². The molecular weight excluding hydrogens is 394 g/mol. The Hall–Kier alpha value is -2.27. The molecule has 4 nitrogen and oxygen atoms in total. The summed E-state index contributed by atoms with van der Waals surface area (Å²) in [5.74, 6) is -0.0796. The molecule has 1 amide bonds. The second-order valence-corrected chi connectivity index (χ2v) is 9.78. The van der Waals surface area contributed by atoms with E-state index in [1.165, 1.54) is 11.3 Å². The van der Waals surface area contributed by atoms with E-state index in [0.29, 0.717) is 12.3 Å². The van der Waals surface area contributed by atoms with E-state index < -0.39 is 5.92 Å². The van der Waals surface area contributed by atoms with Gasteiger partial charge in [0, 0.05) is 30.8 Å². The van der Waals surface area contributed by atoms with Gasteiger partial charge in [0.1, 0.15) is 11.7 Å². The summed E-state index contributed by atoms with van der Waals surface area (Å²) in [7, 11) is 0. The van der Waals surface area contributed by atoms with Gasteiger partial charge < -0.3 is 4.90 Å². The van der Waals surface area contributed by atoms with Gasteiger partial charge in [-0.1, -0.05) is 17.7 Å². The van der Waals surface area contributed by atoms with Crippen molar-refractivity contribution in [1.29, 1.82) is 0 Å². The molecule has 1 aliphatic heterocycles. The summed E-state index contributed by atoms with van der Waals surface area (Å²) in [6.45, 7) is 7.51. The van der Waals surface area contributed by atoms with Crippen molar-refractivity contribution in [3.8, 4) is 0 Å². The van der Waals surface area contributed by atoms with Crippen molar-refractivity contribution in [1.82, 2.24) is 4.90 Å². The molecule has 1 saturated heterocycles. The normalized spacial score (nSPS) is 22.7. The zero-order chi connectivity index (χ0) is 21.4. The average molecular weight is 424 g/mol. The number of thiophene rings is 1. The molecule has 4 rings (SSSR count). The van der Waals surface area contributed by atoms with Crippen molar-refractivity contribution in [2.45, 2.75) is 52.4 Å². The van der Waals surface area contributed by atoms with Crippen molar-refractivity contribution < 1.29 is 14.4 Å². The van der Waals surface area contributed by atoms with E-state index in [4.69, 9.17) is 0 Å². The number of Topliss-reactive ketones (excluding diaryl/α,β-unsaturated/α-hetero) is 2. The van der Waals surface area contributed by atoms with Crippen LogP contribution < -0.4 is 0 Å². The third kappa shape index (κ3) is 4.00. The van der Waals surface area contributed by atoms with Crippen LogP contribution >= 0.6 is 11.3 Å². The molecule has 1 saturated carbocycles. The van der Waals surface area contributed by atoms with E-state index in [1.54, 1.807) is 0 Å². The third-order valence-electron chi connectivity index (χ3n) is 6.77. The Morgan fingerprint density at radius 1 is 1.10 bits per heavy atom. The molecule has 2 aliphatic rings. The molecule has 1 aromatic carbocycles. The lowest BCUT2D eigenvalue weighted by Gasteiger charge is -2.32. The number of benzene rings is 1. The van der Waals surface area contributed by atoms with Crippen LogP contribution in [0.15, 0.2) is 29.0 Å². The SMILES string of the molecule is Cc1cc(C)c(C2C(=O)CC(CC3CCN(C(=O)c4ccsc4)CC3)C2=O)c(C)c1. The molecule has 2 atom stereocenters. The Morgan fingerprint density at radius 3 is 2.37 bits per heavy atom. The summed E-state index contributed by atoms with van der Waals surface area (Å²) in [5, 5.41) is 3.82. The number of hydrogen-bond donors (Lipinski definition) is 0. The number of hydrogen-bond acceptors (Lipinski definition) is 4. The molecule has 0 N–H and O–H groups in total. The maximum atomic E-state index is 13.2. The maximum absolute atomic E-state index is 13.2. The van der Waals surface area contributed by atoms with Gasteiger partial charge in [-0.25, -0.2) is 0 Å². The standard InChI is InChI=1S/C25H29NO3S/c1-15-10-16(2)22(17(3)11-15)23-21(27)13-20(24(23)28)12-18-4-7-26(8-5-18)25(29)19-6-9-30-14-19/h6,9-11,14,18,20,23H,4-5,7-8,12-13H2,1-3H3. The zero-order valence-electron chi connectivity index (χ0n) is 17.9. The highest BCUT2D eigenvalue weighted by Crippen LogP contribution is 2.40. The fourth-order valence-corrected chi connectivity index (χ4v) is 5.98. The number of rotatable bonds is 4. The monoisotopic (exact) mass is 423 g/mol. The minimum Gasteiger partial charge on any atom is -0.339 e. The van der Waals surface area contributed by atoms with Crippen LogP contribution in [0, 0.1) is 32.6 Å². The van der Waals surface area contributed by atoms with Crippen molar-refractivity contribution in [2.75, 3.05) is 13.1 Å². The molecule has 0 radical (unpaired) electrons. The Kier molecular flexibility index (Phi) is 5.92. The van der Waals surface area contributed by atoms with Crippen LogP contribution in [-0.4, -0.2) is 35.5 Å². The van der Waals surface area contributed by atoms with Crippen LogP contribution in [0.3, 0.4) is 0 Å². The van der Waals surface area contributed by atoms with Gasteiger partial charge in [-0.2, -0.15) is 11.3 Å². The van der Waals surface area contributed by atoms with Gasteiger partial charge in [0.05, 0.1) is 5.56 Å². The molecule has 30 heavy (non-hydrogen) atoms. The van der Waals surface area contributed by atoms with Gasteiger partial charge in [-0.05, 0) is 74.1 Å². The van der Waals surface area contributed by atoms with Crippen LogP contribution in [0.1, 0.15) is 64.2 Å². The highest BCUT2D eigenvalue weighted by molar-refractivity contribution is 7.08. The summed E-state index contributed by atoms with van der Waals surface area (Å²) in [4.78, 5) is 40.5. The summed E-state index contributed by atoms with van der Waals surface area (Å²) in [6.07, 6.45) is 2.94. The predicted molar refractivity (Wildman–Crippen MR) is 119 cm³/mol. The first-order chi connectivity index (χ1) is 14.3. The molecule has 0 bridgehead atoms. The molecule has 2 fully saturated rings. The predicted octanol–water partition coefficient (Wildman–Crippen LogP) is 4.86. The summed E-state index contributed by atoms with van der Waals surface area (Å²) in [6, 6.07) is 6.00. The lowest BCUT2D eigenvalue weighted by atomic mass is 9.83. The van der Waals surface area contributed by atoms with Crippen LogP contribution in [0.2, 0.25) is 0 Å². The van der Waals surface area contributed by atoms with Crippen LogP contribution in [0.25, 0.3) is 0 Å². The first-order valence-electron chi connectivity index (χ1n) is 10.8. The van der Waals surface area contributed by atoms with E-state index in [9.17, 15) is 14.4 Å². The molecule has 2 unspecified atom stereocenters. The molecule has 158 valence electrons. The molecule has 2 aromatic rings. The molecule has 1 aliphatic carbocycles. The number of nitrogens with zero attached hydrogens (tertiary/aromatic N) is 1. The molecular formula is C25H29NO3S. The summed E-state index contributed by atoms with van der Waals surface area (Å²) >= 11 is 1.54. The first-order valence-corrected chi connectivity index (χ1v) is 11.7. The summed E-state index contributed by atoms with van der Waals surface area (Å²) in [5.41, 5.74) is 4.93. The number of ketones is 2. The third-order valence-corrected chi connectivity index (χ3v) is 7.45. The minimum absolute atomic E-state index is 0.0742. The van der Waals surface area contributed by atoms with Gasteiger partial charge in [0.15, 0.2) is 5.78 Å². The number of amides is 1. The lowest BCUT2D eigenvalue weighted by molar-refractivity contribution is -0.125. The van der Waals surface area contributed by atoms with Gasteiger partial charge in [0.2, 0.25) is 0 Å². The van der Waals surface area contributed by atoms with Crippen molar-refractivity contribution >= 4 is 28.8 Å². The zero-order valence-corrected chi connectivity index (χ0v) is 18.8. The highest BCUT2D eigenvalue weighted by Gasteiger charge is 2.44. The number of aryl methyl sites for hydroxylation is 3. The Labute approximate surface area is 182 Å². The molecule has 0 spiro atoms. The Morgan fingerprint density at radius 2 is 1.77 bits per heavy atom. The smallest absolute Gasteiger partial charge is 0.254 e. The molecule has 1 aromatic heterocycles. The topological polar surface area (TPSA) is 54.5 Å². The average Bonchev–Trinajstić information content (AvgIpc) is 3.32. The van der Waals surface area contributed by atoms with Gasteiger partial charge in [0.25, 0.3) is 5.91 Å².